The quantitative estimate of drug-likeness (QED) is 0.767. The van der Waals surface area contributed by atoms with Gasteiger partial charge in [-0.1, -0.05) is 12.1 Å². The maximum Gasteiger partial charge on any atom is 0.158 e. The van der Waals surface area contributed by atoms with Crippen LogP contribution in [0, 0.1) is 5.92 Å². The first-order chi connectivity index (χ1) is 12.6. The molecule has 0 N–H and O–H groups in total. The average molecular weight is 373 g/mol. The van der Waals surface area contributed by atoms with E-state index in [1.807, 2.05) is 36.5 Å². The monoisotopic (exact) mass is 373 g/mol. The highest BCUT2D eigenvalue weighted by molar-refractivity contribution is 7.93. The maximum absolute atomic E-state index is 12.7. The number of ether oxygens (including phenoxy) is 1. The summed E-state index contributed by atoms with van der Waals surface area (Å²) < 4.78 is 30.6. The van der Waals surface area contributed by atoms with Gasteiger partial charge < -0.3 is 4.74 Å². The Labute approximate surface area is 154 Å². The number of sulfone groups is 1. The highest BCUT2D eigenvalue weighted by Gasteiger charge is 2.61. The van der Waals surface area contributed by atoms with Gasteiger partial charge in [-0.3, -0.25) is 14.9 Å². The molecule has 2 aliphatic heterocycles. The summed E-state index contributed by atoms with van der Waals surface area (Å²) in [4.78, 5) is 10.6. The summed E-state index contributed by atoms with van der Waals surface area (Å²) in [7, 11) is -3.07. The van der Waals surface area contributed by atoms with Gasteiger partial charge in [-0.05, 0) is 30.2 Å². The molecule has 2 aliphatic rings. The molecule has 6 nitrogen and oxygen atoms in total. The molecule has 0 bridgehead atoms. The Morgan fingerprint density at radius 2 is 2.08 bits per heavy atom. The Balaban J connectivity index is 1.37. The molecule has 0 radical (unpaired) electrons. The van der Waals surface area contributed by atoms with Crippen LogP contribution in [0.25, 0.3) is 0 Å². The zero-order valence-corrected chi connectivity index (χ0v) is 15.4. The summed E-state index contributed by atoms with van der Waals surface area (Å²) in [5.74, 6) is 0.326. The van der Waals surface area contributed by atoms with Gasteiger partial charge in [0.25, 0.3) is 0 Å². The van der Waals surface area contributed by atoms with Crippen molar-refractivity contribution < 1.29 is 13.2 Å². The first-order valence-corrected chi connectivity index (χ1v) is 10.6. The van der Waals surface area contributed by atoms with Gasteiger partial charge in [0.05, 0.1) is 24.7 Å². The smallest absolute Gasteiger partial charge is 0.158 e. The van der Waals surface area contributed by atoms with Gasteiger partial charge in [-0.25, -0.2) is 8.42 Å². The Hall–Kier alpha value is -1.83. The van der Waals surface area contributed by atoms with E-state index in [1.165, 1.54) is 0 Å². The molecule has 0 unspecified atom stereocenters. The number of rotatable bonds is 6. The third kappa shape index (κ3) is 3.26. The van der Waals surface area contributed by atoms with Crippen LogP contribution in [0.5, 0.6) is 0 Å². The molecule has 2 aromatic heterocycles. The molecular formula is C19H23N3O3S. The van der Waals surface area contributed by atoms with Crippen LogP contribution in [-0.2, 0) is 27.7 Å². The average Bonchev–Trinajstić information content (AvgIpc) is 2.88. The van der Waals surface area contributed by atoms with E-state index in [9.17, 15) is 8.42 Å². The third-order valence-corrected chi connectivity index (χ3v) is 8.11. The summed E-state index contributed by atoms with van der Waals surface area (Å²) in [6.45, 7) is 2.81. The lowest BCUT2D eigenvalue weighted by Crippen LogP contribution is -2.67. The van der Waals surface area contributed by atoms with E-state index >= 15 is 0 Å². The van der Waals surface area contributed by atoms with Gasteiger partial charge in [-0.2, -0.15) is 0 Å². The van der Waals surface area contributed by atoms with Crippen LogP contribution < -0.4 is 0 Å². The zero-order chi connectivity index (χ0) is 18.0. The predicted molar refractivity (Wildman–Crippen MR) is 98.0 cm³/mol. The van der Waals surface area contributed by atoms with Crippen molar-refractivity contribution in [2.24, 2.45) is 5.92 Å². The molecule has 2 aromatic rings. The van der Waals surface area contributed by atoms with Crippen LogP contribution in [0.3, 0.4) is 0 Å². The van der Waals surface area contributed by atoms with Gasteiger partial charge >= 0.3 is 0 Å². The normalized spacial score (nSPS) is 23.8. The second kappa shape index (κ2) is 7.06. The first kappa shape index (κ1) is 17.6. The van der Waals surface area contributed by atoms with E-state index in [1.54, 1.807) is 12.4 Å². The fourth-order valence-corrected chi connectivity index (χ4v) is 6.52. The van der Waals surface area contributed by atoms with Crippen LogP contribution >= 0.6 is 0 Å². The SMILES string of the molecule is O=S1(=O)CC[C@H](COCc2ccccn2)C12CN(Cc1cccnc1)C2. The van der Waals surface area contributed by atoms with Gasteiger partial charge in [0, 0.05) is 44.1 Å². The molecule has 0 amide bonds. The molecular weight excluding hydrogens is 350 g/mol. The second-order valence-electron chi connectivity index (χ2n) is 7.21. The van der Waals surface area contributed by atoms with E-state index in [2.05, 4.69) is 14.9 Å². The summed E-state index contributed by atoms with van der Waals surface area (Å²) >= 11 is 0. The fraction of sp³-hybridized carbons (Fsp3) is 0.474. The number of aromatic nitrogens is 2. The Kier molecular flexibility index (Phi) is 4.77. The molecule has 4 heterocycles. The summed E-state index contributed by atoms with van der Waals surface area (Å²) in [5.41, 5.74) is 1.98. The fourth-order valence-electron chi connectivity index (χ4n) is 4.07. The van der Waals surface area contributed by atoms with Crippen molar-refractivity contribution in [3.63, 3.8) is 0 Å². The molecule has 2 fully saturated rings. The largest absolute Gasteiger partial charge is 0.375 e. The minimum absolute atomic E-state index is 0.0568. The summed E-state index contributed by atoms with van der Waals surface area (Å²) in [6, 6.07) is 9.64. The van der Waals surface area contributed by atoms with Gasteiger partial charge in [0.15, 0.2) is 9.84 Å². The minimum atomic E-state index is -3.07. The number of hydrogen-bond acceptors (Lipinski definition) is 6. The van der Waals surface area contributed by atoms with Crippen molar-refractivity contribution in [3.8, 4) is 0 Å². The van der Waals surface area contributed by atoms with Crippen LogP contribution in [0.2, 0.25) is 0 Å². The van der Waals surface area contributed by atoms with E-state index in [4.69, 9.17) is 4.74 Å². The van der Waals surface area contributed by atoms with Gasteiger partial charge in [0.2, 0.25) is 0 Å². The van der Waals surface area contributed by atoms with Gasteiger partial charge in [0.1, 0.15) is 4.75 Å². The molecule has 0 saturated carbocycles. The van der Waals surface area contributed by atoms with Crippen molar-refractivity contribution in [1.29, 1.82) is 0 Å². The topological polar surface area (TPSA) is 72.4 Å². The van der Waals surface area contributed by atoms with Crippen LogP contribution in [0.1, 0.15) is 17.7 Å². The lowest BCUT2D eigenvalue weighted by Gasteiger charge is -2.50. The van der Waals surface area contributed by atoms with Crippen molar-refractivity contribution >= 4 is 9.84 Å². The molecule has 0 aromatic carbocycles. The van der Waals surface area contributed by atoms with E-state index in [0.29, 0.717) is 32.7 Å². The summed E-state index contributed by atoms with van der Waals surface area (Å²) in [5, 5.41) is 0. The number of likely N-dealkylation sites (tertiary alicyclic amines) is 1. The van der Waals surface area contributed by atoms with E-state index < -0.39 is 14.6 Å². The van der Waals surface area contributed by atoms with Crippen molar-refractivity contribution in [2.45, 2.75) is 24.3 Å². The second-order valence-corrected chi connectivity index (χ2v) is 9.66. The first-order valence-electron chi connectivity index (χ1n) is 8.90. The predicted octanol–water partition coefficient (Wildman–Crippen LogP) is 1.68. The molecule has 4 rings (SSSR count). The van der Waals surface area contributed by atoms with Crippen molar-refractivity contribution in [2.75, 3.05) is 25.4 Å². The maximum atomic E-state index is 12.7. The van der Waals surface area contributed by atoms with E-state index in [0.717, 1.165) is 17.8 Å². The van der Waals surface area contributed by atoms with E-state index in [-0.39, 0.29) is 11.7 Å². The van der Waals surface area contributed by atoms with Gasteiger partial charge in [-0.15, -0.1) is 0 Å². The highest BCUT2D eigenvalue weighted by Crippen LogP contribution is 2.45. The Bertz CT molecular complexity index is 837. The minimum Gasteiger partial charge on any atom is -0.375 e. The highest BCUT2D eigenvalue weighted by atomic mass is 32.2. The number of hydrogen-bond donors (Lipinski definition) is 0. The molecule has 7 heteroatoms. The van der Waals surface area contributed by atoms with Crippen molar-refractivity contribution in [3.05, 3.63) is 60.2 Å². The van der Waals surface area contributed by atoms with Crippen molar-refractivity contribution in [1.82, 2.24) is 14.9 Å². The molecule has 1 spiro atoms. The Morgan fingerprint density at radius 3 is 2.81 bits per heavy atom. The molecule has 0 aliphatic carbocycles. The molecule has 2 saturated heterocycles. The molecule has 26 heavy (non-hydrogen) atoms. The van der Waals surface area contributed by atoms with Crippen LogP contribution in [0.15, 0.2) is 48.9 Å². The number of nitrogens with zero attached hydrogens (tertiary/aromatic N) is 3. The third-order valence-electron chi connectivity index (χ3n) is 5.51. The lowest BCUT2D eigenvalue weighted by atomic mass is 9.83. The summed E-state index contributed by atoms with van der Waals surface area (Å²) in [6.07, 6.45) is 6.01. The Morgan fingerprint density at radius 1 is 1.19 bits per heavy atom. The standard InChI is InChI=1S/C19H23N3O3S/c23-26(24)9-6-17(12-25-13-18-5-1-2-8-21-18)19(26)14-22(15-19)11-16-4-3-7-20-10-16/h1-5,7-8,10,17H,6,9,11-15H2/t17-/m1/s1. The number of pyridine rings is 2. The van der Waals surface area contributed by atoms with Crippen LogP contribution in [-0.4, -0.2) is 53.5 Å². The lowest BCUT2D eigenvalue weighted by molar-refractivity contribution is 0.0192. The molecule has 138 valence electrons. The zero-order valence-electron chi connectivity index (χ0n) is 14.6. The molecule has 1 atom stereocenters. The van der Waals surface area contributed by atoms with Crippen LogP contribution in [0.4, 0.5) is 0 Å².